The lowest BCUT2D eigenvalue weighted by atomic mass is 9.85. The molecule has 1 aromatic heterocycles. The van der Waals surface area contributed by atoms with Gasteiger partial charge in [-0.05, 0) is 25.0 Å². The fourth-order valence-electron chi connectivity index (χ4n) is 1.80. The molecule has 2 aromatic rings. The van der Waals surface area contributed by atoms with E-state index in [-0.39, 0.29) is 11.8 Å². The summed E-state index contributed by atoms with van der Waals surface area (Å²) in [5.74, 6) is 0.345. The van der Waals surface area contributed by atoms with Gasteiger partial charge in [0.2, 0.25) is 5.91 Å². The molecule has 4 heteroatoms. The van der Waals surface area contributed by atoms with E-state index >= 15 is 0 Å². The molecule has 0 saturated heterocycles. The summed E-state index contributed by atoms with van der Waals surface area (Å²) in [6.07, 6.45) is 3.23. The smallest absolute Gasteiger partial charge is 0.229 e. The maximum Gasteiger partial charge on any atom is 0.229 e. The number of aromatic nitrogens is 1. The Bertz CT molecular complexity index is 498. The Morgan fingerprint density at radius 1 is 1.38 bits per heavy atom. The summed E-state index contributed by atoms with van der Waals surface area (Å²) in [6, 6.07) is 7.93. The van der Waals surface area contributed by atoms with Gasteiger partial charge < -0.3 is 5.32 Å². The third kappa shape index (κ3) is 1.69. The largest absolute Gasteiger partial charge is 0.302 e. The minimum absolute atomic E-state index is 0.130. The molecule has 1 aromatic carbocycles. The van der Waals surface area contributed by atoms with Crippen LogP contribution < -0.4 is 5.32 Å². The summed E-state index contributed by atoms with van der Waals surface area (Å²) in [4.78, 5) is 16.1. The maximum absolute atomic E-state index is 11.7. The summed E-state index contributed by atoms with van der Waals surface area (Å²) < 4.78 is 1.12. The molecule has 0 bridgehead atoms. The zero-order valence-electron chi connectivity index (χ0n) is 8.77. The van der Waals surface area contributed by atoms with Crippen LogP contribution in [0, 0.1) is 5.92 Å². The molecule has 1 heterocycles. The van der Waals surface area contributed by atoms with Crippen LogP contribution in [0.2, 0.25) is 0 Å². The van der Waals surface area contributed by atoms with Crippen molar-refractivity contribution in [2.45, 2.75) is 19.3 Å². The van der Waals surface area contributed by atoms with Crippen LogP contribution in [0.4, 0.5) is 5.13 Å². The number of rotatable bonds is 2. The minimum Gasteiger partial charge on any atom is -0.302 e. The van der Waals surface area contributed by atoms with Gasteiger partial charge in [-0.15, -0.1) is 0 Å². The van der Waals surface area contributed by atoms with E-state index in [1.807, 2.05) is 24.3 Å². The standard InChI is InChI=1S/C12H12N2OS/c15-11(8-4-3-5-8)14-12-13-9-6-1-2-7-10(9)16-12/h1-2,6-8H,3-5H2,(H,13,14,15). The molecule has 16 heavy (non-hydrogen) atoms. The van der Waals surface area contributed by atoms with Crippen molar-refractivity contribution >= 4 is 32.6 Å². The molecule has 3 rings (SSSR count). The van der Waals surface area contributed by atoms with Crippen molar-refractivity contribution in [2.24, 2.45) is 5.92 Å². The topological polar surface area (TPSA) is 42.0 Å². The van der Waals surface area contributed by atoms with Crippen LogP contribution in [0.3, 0.4) is 0 Å². The quantitative estimate of drug-likeness (QED) is 0.864. The normalized spacial score (nSPS) is 16.0. The number of nitrogens with zero attached hydrogens (tertiary/aromatic N) is 1. The van der Waals surface area contributed by atoms with Gasteiger partial charge in [0.05, 0.1) is 10.2 Å². The second-order valence-corrected chi connectivity index (χ2v) is 5.13. The molecule has 0 atom stereocenters. The fraction of sp³-hybridized carbons (Fsp3) is 0.333. The highest BCUT2D eigenvalue weighted by Crippen LogP contribution is 2.30. The van der Waals surface area contributed by atoms with Gasteiger partial charge in [0.25, 0.3) is 0 Å². The number of hydrogen-bond acceptors (Lipinski definition) is 3. The van der Waals surface area contributed by atoms with Gasteiger partial charge in [-0.3, -0.25) is 4.79 Å². The molecule has 0 unspecified atom stereocenters. The van der Waals surface area contributed by atoms with E-state index in [1.165, 1.54) is 17.8 Å². The Balaban J connectivity index is 1.80. The highest BCUT2D eigenvalue weighted by Gasteiger charge is 2.25. The zero-order valence-corrected chi connectivity index (χ0v) is 9.59. The predicted octanol–water partition coefficient (Wildman–Crippen LogP) is 3.03. The molecule has 1 N–H and O–H groups in total. The average molecular weight is 232 g/mol. The first-order chi connectivity index (χ1) is 7.83. The Labute approximate surface area is 97.5 Å². The van der Waals surface area contributed by atoms with Crippen molar-refractivity contribution in [3.8, 4) is 0 Å². The van der Waals surface area contributed by atoms with Gasteiger partial charge in [0, 0.05) is 5.92 Å². The predicted molar refractivity (Wildman–Crippen MR) is 65.6 cm³/mol. The lowest BCUT2D eigenvalue weighted by Gasteiger charge is -2.23. The number of fused-ring (bicyclic) bond motifs is 1. The van der Waals surface area contributed by atoms with Crippen molar-refractivity contribution in [3.63, 3.8) is 0 Å². The SMILES string of the molecule is O=C(Nc1nc2ccccc2s1)C1CCC1. The molecule has 0 spiro atoms. The van der Waals surface area contributed by atoms with Crippen LogP contribution >= 0.6 is 11.3 Å². The zero-order chi connectivity index (χ0) is 11.0. The van der Waals surface area contributed by atoms with Crippen molar-refractivity contribution < 1.29 is 4.79 Å². The number of benzene rings is 1. The van der Waals surface area contributed by atoms with Gasteiger partial charge >= 0.3 is 0 Å². The van der Waals surface area contributed by atoms with Crippen molar-refractivity contribution in [2.75, 3.05) is 5.32 Å². The molecule has 1 amide bonds. The molecule has 0 aliphatic heterocycles. The molecule has 3 nitrogen and oxygen atoms in total. The van der Waals surface area contributed by atoms with E-state index in [4.69, 9.17) is 0 Å². The Kier molecular flexibility index (Phi) is 2.36. The fourth-order valence-corrected chi connectivity index (χ4v) is 2.67. The van der Waals surface area contributed by atoms with E-state index < -0.39 is 0 Å². The first-order valence-electron chi connectivity index (χ1n) is 5.49. The van der Waals surface area contributed by atoms with Crippen molar-refractivity contribution in [1.29, 1.82) is 0 Å². The lowest BCUT2D eigenvalue weighted by Crippen LogP contribution is -2.27. The van der Waals surface area contributed by atoms with Crippen molar-refractivity contribution in [3.05, 3.63) is 24.3 Å². The molecule has 1 aliphatic rings. The molecular formula is C12H12N2OS. The molecular weight excluding hydrogens is 220 g/mol. The van der Waals surface area contributed by atoms with E-state index in [0.29, 0.717) is 0 Å². The van der Waals surface area contributed by atoms with Crippen LogP contribution in [0.25, 0.3) is 10.2 Å². The third-order valence-electron chi connectivity index (χ3n) is 3.00. The summed E-state index contributed by atoms with van der Waals surface area (Å²) in [7, 11) is 0. The van der Waals surface area contributed by atoms with Crippen LogP contribution in [0.5, 0.6) is 0 Å². The van der Waals surface area contributed by atoms with E-state index in [2.05, 4.69) is 10.3 Å². The van der Waals surface area contributed by atoms with E-state index in [0.717, 1.165) is 28.2 Å². The maximum atomic E-state index is 11.7. The van der Waals surface area contributed by atoms with Gasteiger partial charge in [-0.1, -0.05) is 29.9 Å². The number of carbonyl (C=O) groups is 1. The van der Waals surface area contributed by atoms with Crippen LogP contribution in [0.15, 0.2) is 24.3 Å². The number of anilines is 1. The molecule has 1 fully saturated rings. The number of carbonyl (C=O) groups excluding carboxylic acids is 1. The number of para-hydroxylation sites is 1. The van der Waals surface area contributed by atoms with E-state index in [9.17, 15) is 4.79 Å². The summed E-state index contributed by atoms with van der Waals surface area (Å²) in [6.45, 7) is 0. The number of nitrogens with one attached hydrogen (secondary N) is 1. The summed E-state index contributed by atoms with van der Waals surface area (Å²) >= 11 is 1.53. The number of amides is 1. The summed E-state index contributed by atoms with van der Waals surface area (Å²) in [5, 5.41) is 3.62. The summed E-state index contributed by atoms with van der Waals surface area (Å²) in [5.41, 5.74) is 0.955. The highest BCUT2D eigenvalue weighted by atomic mass is 32.1. The highest BCUT2D eigenvalue weighted by molar-refractivity contribution is 7.22. The average Bonchev–Trinajstić information content (AvgIpc) is 2.56. The molecule has 0 radical (unpaired) electrons. The van der Waals surface area contributed by atoms with Crippen molar-refractivity contribution in [1.82, 2.24) is 4.98 Å². The monoisotopic (exact) mass is 232 g/mol. The first-order valence-corrected chi connectivity index (χ1v) is 6.31. The lowest BCUT2D eigenvalue weighted by molar-refractivity contribution is -0.122. The van der Waals surface area contributed by atoms with Gasteiger partial charge in [0.1, 0.15) is 0 Å². The second-order valence-electron chi connectivity index (χ2n) is 4.10. The number of hydrogen-bond donors (Lipinski definition) is 1. The third-order valence-corrected chi connectivity index (χ3v) is 3.95. The van der Waals surface area contributed by atoms with Gasteiger partial charge in [-0.25, -0.2) is 4.98 Å². The van der Waals surface area contributed by atoms with Crippen LogP contribution in [-0.2, 0) is 4.79 Å². The Morgan fingerprint density at radius 2 is 2.19 bits per heavy atom. The minimum atomic E-state index is 0.130. The Morgan fingerprint density at radius 3 is 2.88 bits per heavy atom. The van der Waals surface area contributed by atoms with E-state index in [1.54, 1.807) is 0 Å². The first kappa shape index (κ1) is 9.78. The van der Waals surface area contributed by atoms with Crippen LogP contribution in [-0.4, -0.2) is 10.9 Å². The molecule has 82 valence electrons. The van der Waals surface area contributed by atoms with Crippen LogP contribution in [0.1, 0.15) is 19.3 Å². The second kappa shape index (κ2) is 3.87. The number of thiazole rings is 1. The van der Waals surface area contributed by atoms with Gasteiger partial charge in [0.15, 0.2) is 5.13 Å². The molecule has 1 aliphatic carbocycles. The Hall–Kier alpha value is -1.42. The van der Waals surface area contributed by atoms with Gasteiger partial charge in [-0.2, -0.15) is 0 Å². The molecule has 1 saturated carbocycles.